The molecule has 0 saturated heterocycles. The molecule has 1 fully saturated rings. The zero-order valence-corrected chi connectivity index (χ0v) is 11.2. The van der Waals surface area contributed by atoms with E-state index in [-0.39, 0.29) is 17.7 Å². The number of carbonyl (C=O) groups is 2. The molecule has 104 valence electrons. The highest BCUT2D eigenvalue weighted by molar-refractivity contribution is 5.96. The van der Waals surface area contributed by atoms with Crippen molar-refractivity contribution in [2.45, 2.75) is 13.3 Å². The summed E-state index contributed by atoms with van der Waals surface area (Å²) in [6.45, 7) is 1.97. The Morgan fingerprint density at radius 1 is 1.10 bits per heavy atom. The van der Waals surface area contributed by atoms with Crippen molar-refractivity contribution >= 4 is 17.6 Å². The van der Waals surface area contributed by atoms with Crippen LogP contribution in [0.2, 0.25) is 0 Å². The molecule has 1 aromatic rings. The number of allylic oxidation sites excluding steroid dienone is 2. The number of amides is 1. The normalized spacial score (nSPS) is 30.4. The summed E-state index contributed by atoms with van der Waals surface area (Å²) in [5.74, 6) is -2.59. The van der Waals surface area contributed by atoms with Gasteiger partial charge in [0.25, 0.3) is 0 Å². The third kappa shape index (κ3) is 2.11. The van der Waals surface area contributed by atoms with E-state index in [4.69, 9.17) is 0 Å². The van der Waals surface area contributed by atoms with Crippen molar-refractivity contribution in [2.24, 2.45) is 23.7 Å². The predicted octanol–water partition coefficient (Wildman–Crippen LogP) is 1.12. The zero-order valence-electron chi connectivity index (χ0n) is 11.2. The van der Waals surface area contributed by atoms with Crippen LogP contribution in [-0.2, 0) is 9.59 Å². The minimum absolute atomic E-state index is 0.0216. The Kier molecular flexibility index (Phi) is 3.08. The smallest absolute Gasteiger partial charge is 0.228 e. The highest BCUT2D eigenvalue weighted by Gasteiger charge is 2.48. The maximum absolute atomic E-state index is 12.4. The van der Waals surface area contributed by atoms with E-state index in [1.807, 2.05) is 43.3 Å². The number of carboxylic acids is 1. The summed E-state index contributed by atoms with van der Waals surface area (Å²) < 4.78 is 0. The first kappa shape index (κ1) is 12.9. The Morgan fingerprint density at radius 3 is 2.30 bits per heavy atom. The predicted molar refractivity (Wildman–Crippen MR) is 72.5 cm³/mol. The lowest BCUT2D eigenvalue weighted by atomic mass is 9.82. The second-order valence-electron chi connectivity index (χ2n) is 5.67. The van der Waals surface area contributed by atoms with Crippen LogP contribution in [0.4, 0.5) is 5.69 Å². The van der Waals surface area contributed by atoms with Crippen molar-refractivity contribution in [3.63, 3.8) is 0 Å². The van der Waals surface area contributed by atoms with Crippen LogP contribution in [0.15, 0.2) is 36.4 Å². The molecule has 4 atom stereocenters. The Labute approximate surface area is 117 Å². The van der Waals surface area contributed by atoms with Gasteiger partial charge in [-0.15, -0.1) is 0 Å². The number of rotatable bonds is 3. The van der Waals surface area contributed by atoms with Gasteiger partial charge in [-0.05, 0) is 37.3 Å². The molecule has 4 heteroatoms. The highest BCUT2D eigenvalue weighted by Crippen LogP contribution is 2.48. The average molecular weight is 270 g/mol. The van der Waals surface area contributed by atoms with Crippen LogP contribution in [0, 0.1) is 30.6 Å². The molecule has 1 N–H and O–H groups in total. The zero-order chi connectivity index (χ0) is 14.3. The Hall–Kier alpha value is -2.10. The number of hydrogen-bond donors (Lipinski definition) is 1. The minimum atomic E-state index is -1.12. The fourth-order valence-electron chi connectivity index (χ4n) is 3.36. The molecule has 2 aliphatic carbocycles. The minimum Gasteiger partial charge on any atom is -0.550 e. The number of aliphatic carboxylic acids is 1. The first-order chi connectivity index (χ1) is 9.56. The van der Waals surface area contributed by atoms with Crippen LogP contribution in [0.5, 0.6) is 0 Å². The number of fused-ring (bicyclic) bond motifs is 2. The van der Waals surface area contributed by atoms with E-state index < -0.39 is 17.8 Å². The number of aryl methyl sites for hydroxylation is 1. The van der Waals surface area contributed by atoms with E-state index in [0.29, 0.717) is 5.69 Å². The Bertz CT molecular complexity index is 576. The topological polar surface area (TPSA) is 69.2 Å². The second kappa shape index (κ2) is 4.78. The monoisotopic (exact) mass is 270 g/mol. The molecule has 0 aliphatic heterocycles. The number of carbonyl (C=O) groups excluding carboxylic acids is 2. The van der Waals surface area contributed by atoms with E-state index in [2.05, 4.69) is 5.32 Å². The van der Waals surface area contributed by atoms with Crippen molar-refractivity contribution in [3.05, 3.63) is 42.0 Å². The molecule has 2 aliphatic rings. The van der Waals surface area contributed by atoms with Gasteiger partial charge in [0.05, 0.1) is 5.92 Å². The number of hydrogen-bond acceptors (Lipinski definition) is 3. The van der Waals surface area contributed by atoms with E-state index in [9.17, 15) is 14.7 Å². The Balaban J connectivity index is 1.78. The summed E-state index contributed by atoms with van der Waals surface area (Å²) >= 11 is 0. The van der Waals surface area contributed by atoms with Gasteiger partial charge in [0.2, 0.25) is 5.91 Å². The molecule has 0 aromatic heterocycles. The van der Waals surface area contributed by atoms with Gasteiger partial charge < -0.3 is 15.2 Å². The van der Waals surface area contributed by atoms with Gasteiger partial charge >= 0.3 is 0 Å². The first-order valence-electron chi connectivity index (χ1n) is 6.83. The molecule has 0 spiro atoms. The van der Waals surface area contributed by atoms with Gasteiger partial charge in [0.1, 0.15) is 0 Å². The van der Waals surface area contributed by atoms with Crippen molar-refractivity contribution in [1.82, 2.24) is 0 Å². The fourth-order valence-corrected chi connectivity index (χ4v) is 3.36. The summed E-state index contributed by atoms with van der Waals surface area (Å²) in [6, 6.07) is 7.47. The number of carboxylic acid groups (broad SMARTS) is 1. The third-order valence-electron chi connectivity index (χ3n) is 4.35. The third-order valence-corrected chi connectivity index (χ3v) is 4.35. The summed E-state index contributed by atoms with van der Waals surface area (Å²) in [5.41, 5.74) is 1.81. The Morgan fingerprint density at radius 2 is 1.70 bits per heavy atom. The van der Waals surface area contributed by atoms with E-state index in [0.717, 1.165) is 12.0 Å². The lowest BCUT2D eigenvalue weighted by molar-refractivity contribution is -0.313. The maximum atomic E-state index is 12.4. The molecule has 0 radical (unpaired) electrons. The quantitative estimate of drug-likeness (QED) is 0.837. The van der Waals surface area contributed by atoms with Gasteiger partial charge in [-0.3, -0.25) is 4.79 Å². The van der Waals surface area contributed by atoms with E-state index in [1.54, 1.807) is 0 Å². The molecule has 0 unspecified atom stereocenters. The van der Waals surface area contributed by atoms with Gasteiger partial charge in [-0.2, -0.15) is 0 Å². The van der Waals surface area contributed by atoms with Gasteiger partial charge in [0.15, 0.2) is 0 Å². The number of benzene rings is 1. The lowest BCUT2D eigenvalue weighted by Crippen LogP contribution is -2.42. The largest absolute Gasteiger partial charge is 0.550 e. The van der Waals surface area contributed by atoms with Crippen molar-refractivity contribution in [2.75, 3.05) is 5.32 Å². The molecule has 1 saturated carbocycles. The molecule has 1 amide bonds. The second-order valence-corrected chi connectivity index (χ2v) is 5.67. The number of anilines is 1. The lowest BCUT2D eigenvalue weighted by Gasteiger charge is -2.27. The van der Waals surface area contributed by atoms with Gasteiger partial charge in [-0.25, -0.2) is 0 Å². The van der Waals surface area contributed by atoms with Crippen LogP contribution in [0.25, 0.3) is 0 Å². The fraction of sp³-hybridized carbons (Fsp3) is 0.375. The summed E-state index contributed by atoms with van der Waals surface area (Å²) in [7, 11) is 0. The van der Waals surface area contributed by atoms with Crippen molar-refractivity contribution in [1.29, 1.82) is 0 Å². The van der Waals surface area contributed by atoms with Crippen LogP contribution in [-0.4, -0.2) is 11.9 Å². The molecular weight excluding hydrogens is 254 g/mol. The maximum Gasteiger partial charge on any atom is 0.228 e. The molecule has 1 aromatic carbocycles. The summed E-state index contributed by atoms with van der Waals surface area (Å²) in [6.07, 6.45) is 4.61. The van der Waals surface area contributed by atoms with Crippen molar-refractivity contribution in [3.8, 4) is 0 Å². The SMILES string of the molecule is Cc1ccc(NC(=O)[C@H]2[C@@H](C(=O)[O-])[C@H]3C=C[C@H]2C3)cc1. The van der Waals surface area contributed by atoms with E-state index in [1.165, 1.54) is 0 Å². The average Bonchev–Trinajstić information content (AvgIpc) is 3.01. The van der Waals surface area contributed by atoms with E-state index >= 15 is 0 Å². The number of nitrogens with one attached hydrogen (secondary N) is 1. The van der Waals surface area contributed by atoms with Crippen LogP contribution >= 0.6 is 0 Å². The van der Waals surface area contributed by atoms with Crippen LogP contribution in [0.1, 0.15) is 12.0 Å². The van der Waals surface area contributed by atoms with Gasteiger partial charge in [-0.1, -0.05) is 29.8 Å². The summed E-state index contributed by atoms with van der Waals surface area (Å²) in [5, 5.41) is 14.1. The molecule has 2 bridgehead atoms. The van der Waals surface area contributed by atoms with Crippen molar-refractivity contribution < 1.29 is 14.7 Å². The van der Waals surface area contributed by atoms with Gasteiger partial charge in [0, 0.05) is 17.6 Å². The molecule has 20 heavy (non-hydrogen) atoms. The molecule has 3 rings (SSSR count). The highest BCUT2D eigenvalue weighted by atomic mass is 16.4. The molecule has 0 heterocycles. The summed E-state index contributed by atoms with van der Waals surface area (Å²) in [4.78, 5) is 23.6. The molecule has 4 nitrogen and oxygen atoms in total. The van der Waals surface area contributed by atoms with Crippen LogP contribution in [0.3, 0.4) is 0 Å². The van der Waals surface area contributed by atoms with Crippen LogP contribution < -0.4 is 10.4 Å². The molecular formula is C16H16NO3-. The first-order valence-corrected chi connectivity index (χ1v) is 6.83. The standard InChI is InChI=1S/C16H17NO3/c1-9-2-6-12(7-3-9)17-15(18)13-10-4-5-11(8-10)14(13)16(19)20/h2-7,10-11,13-14H,8H2,1H3,(H,17,18)(H,19,20)/p-1/t10-,11-,13+,14-/m0/s1.